The highest BCUT2D eigenvalue weighted by atomic mass is 19.1. The Morgan fingerprint density at radius 2 is 2.27 bits per heavy atom. The van der Waals surface area contributed by atoms with Gasteiger partial charge in [-0.1, -0.05) is 6.07 Å². The molecule has 0 bridgehead atoms. The van der Waals surface area contributed by atoms with Gasteiger partial charge in [-0.25, -0.2) is 4.39 Å². The van der Waals surface area contributed by atoms with E-state index < -0.39 is 5.91 Å². The van der Waals surface area contributed by atoms with Crippen molar-refractivity contribution in [2.24, 2.45) is 5.73 Å². The number of carbonyl (C=O) groups excluding carboxylic acids is 1. The first-order chi connectivity index (χ1) is 7.00. The number of aryl methyl sites for hydroxylation is 1. The SMILES string of the molecule is Cc1cc(F)ccc1CNC(C)C(N)=O. The summed E-state index contributed by atoms with van der Waals surface area (Å²) in [6.45, 7) is 4.03. The summed E-state index contributed by atoms with van der Waals surface area (Å²) in [5.41, 5.74) is 6.92. The van der Waals surface area contributed by atoms with Gasteiger partial charge in [-0.15, -0.1) is 0 Å². The summed E-state index contributed by atoms with van der Waals surface area (Å²) in [6.07, 6.45) is 0. The normalized spacial score (nSPS) is 12.5. The van der Waals surface area contributed by atoms with E-state index >= 15 is 0 Å². The van der Waals surface area contributed by atoms with Gasteiger partial charge in [-0.05, 0) is 37.1 Å². The van der Waals surface area contributed by atoms with Crippen molar-refractivity contribution in [3.8, 4) is 0 Å². The molecule has 0 heterocycles. The Bertz CT molecular complexity index is 366. The average molecular weight is 210 g/mol. The molecule has 1 aromatic carbocycles. The topological polar surface area (TPSA) is 55.1 Å². The van der Waals surface area contributed by atoms with Gasteiger partial charge >= 0.3 is 0 Å². The molecule has 3 N–H and O–H groups in total. The quantitative estimate of drug-likeness (QED) is 0.781. The second kappa shape index (κ2) is 4.89. The largest absolute Gasteiger partial charge is 0.368 e. The van der Waals surface area contributed by atoms with Crippen LogP contribution in [0.2, 0.25) is 0 Å². The molecule has 1 unspecified atom stereocenters. The molecule has 0 radical (unpaired) electrons. The van der Waals surface area contributed by atoms with Crippen molar-refractivity contribution < 1.29 is 9.18 Å². The van der Waals surface area contributed by atoms with E-state index in [-0.39, 0.29) is 11.9 Å². The summed E-state index contributed by atoms with van der Waals surface area (Å²) < 4.78 is 12.8. The van der Waals surface area contributed by atoms with Crippen molar-refractivity contribution in [1.82, 2.24) is 5.32 Å². The summed E-state index contributed by atoms with van der Waals surface area (Å²) in [4.78, 5) is 10.8. The smallest absolute Gasteiger partial charge is 0.234 e. The molecule has 0 aliphatic carbocycles. The fraction of sp³-hybridized carbons (Fsp3) is 0.364. The van der Waals surface area contributed by atoms with Crippen LogP contribution in [0.25, 0.3) is 0 Å². The lowest BCUT2D eigenvalue weighted by atomic mass is 10.1. The number of hydrogen-bond acceptors (Lipinski definition) is 2. The Morgan fingerprint density at radius 3 is 2.80 bits per heavy atom. The van der Waals surface area contributed by atoms with Crippen LogP contribution < -0.4 is 11.1 Å². The predicted octanol–water partition coefficient (Wildman–Crippen LogP) is 1.10. The molecule has 3 nitrogen and oxygen atoms in total. The van der Waals surface area contributed by atoms with Crippen LogP contribution >= 0.6 is 0 Å². The number of nitrogens with two attached hydrogens (primary N) is 1. The predicted molar refractivity (Wildman–Crippen MR) is 56.6 cm³/mol. The minimum atomic E-state index is -0.394. The van der Waals surface area contributed by atoms with Crippen LogP contribution in [0.3, 0.4) is 0 Å². The van der Waals surface area contributed by atoms with E-state index in [0.29, 0.717) is 6.54 Å². The van der Waals surface area contributed by atoms with E-state index in [1.807, 2.05) is 6.92 Å². The van der Waals surface area contributed by atoms with Crippen molar-refractivity contribution in [1.29, 1.82) is 0 Å². The standard InChI is InChI=1S/C11H15FN2O/c1-7-5-10(12)4-3-9(7)6-14-8(2)11(13)15/h3-5,8,14H,6H2,1-2H3,(H2,13,15). The molecule has 0 fully saturated rings. The second-order valence-electron chi connectivity index (χ2n) is 3.58. The second-order valence-corrected chi connectivity index (χ2v) is 3.58. The molecule has 82 valence electrons. The van der Waals surface area contributed by atoms with Gasteiger partial charge in [0, 0.05) is 6.54 Å². The van der Waals surface area contributed by atoms with Gasteiger partial charge < -0.3 is 11.1 Å². The molecular formula is C11H15FN2O. The Balaban J connectivity index is 2.62. The van der Waals surface area contributed by atoms with Gasteiger partial charge in [-0.2, -0.15) is 0 Å². The number of primary amides is 1. The zero-order valence-electron chi connectivity index (χ0n) is 8.88. The van der Waals surface area contributed by atoms with E-state index in [1.54, 1.807) is 13.0 Å². The van der Waals surface area contributed by atoms with Gasteiger partial charge in [0.1, 0.15) is 5.82 Å². The van der Waals surface area contributed by atoms with Crippen LogP contribution in [0.4, 0.5) is 4.39 Å². The van der Waals surface area contributed by atoms with Crippen LogP contribution in [-0.4, -0.2) is 11.9 Å². The van der Waals surface area contributed by atoms with Gasteiger partial charge in [0.05, 0.1) is 6.04 Å². The minimum absolute atomic E-state index is 0.251. The van der Waals surface area contributed by atoms with Gasteiger partial charge in [0.2, 0.25) is 5.91 Å². The number of halogens is 1. The molecule has 0 spiro atoms. The van der Waals surface area contributed by atoms with Crippen LogP contribution in [0, 0.1) is 12.7 Å². The Kier molecular flexibility index (Phi) is 3.80. The number of hydrogen-bond donors (Lipinski definition) is 2. The molecule has 1 aromatic rings. The summed E-state index contributed by atoms with van der Waals surface area (Å²) in [5.74, 6) is -0.644. The maximum absolute atomic E-state index is 12.8. The molecule has 0 saturated heterocycles. The first-order valence-electron chi connectivity index (χ1n) is 4.78. The maximum atomic E-state index is 12.8. The van der Waals surface area contributed by atoms with Crippen LogP contribution in [-0.2, 0) is 11.3 Å². The summed E-state index contributed by atoms with van der Waals surface area (Å²) in [6, 6.07) is 4.19. The molecule has 1 amide bonds. The van der Waals surface area contributed by atoms with Crippen molar-refractivity contribution in [3.05, 3.63) is 35.1 Å². The Morgan fingerprint density at radius 1 is 1.60 bits per heavy atom. The highest BCUT2D eigenvalue weighted by Gasteiger charge is 2.08. The van der Waals surface area contributed by atoms with E-state index in [9.17, 15) is 9.18 Å². The third-order valence-corrected chi connectivity index (χ3v) is 2.33. The van der Waals surface area contributed by atoms with E-state index in [0.717, 1.165) is 11.1 Å². The highest BCUT2D eigenvalue weighted by Crippen LogP contribution is 2.09. The lowest BCUT2D eigenvalue weighted by molar-refractivity contribution is -0.119. The molecular weight excluding hydrogens is 195 g/mol. The number of rotatable bonds is 4. The summed E-state index contributed by atoms with van der Waals surface area (Å²) >= 11 is 0. The van der Waals surface area contributed by atoms with Crippen LogP contribution in [0.5, 0.6) is 0 Å². The fourth-order valence-corrected chi connectivity index (χ4v) is 1.22. The number of nitrogens with one attached hydrogen (secondary N) is 1. The molecule has 1 atom stereocenters. The molecule has 4 heteroatoms. The molecule has 15 heavy (non-hydrogen) atoms. The molecule has 1 rings (SSSR count). The summed E-state index contributed by atoms with van der Waals surface area (Å²) in [7, 11) is 0. The monoisotopic (exact) mass is 210 g/mol. The van der Waals surface area contributed by atoms with Crippen molar-refractivity contribution in [2.75, 3.05) is 0 Å². The van der Waals surface area contributed by atoms with Gasteiger partial charge in [-0.3, -0.25) is 4.79 Å². The van der Waals surface area contributed by atoms with Crippen LogP contribution in [0.15, 0.2) is 18.2 Å². The first-order valence-corrected chi connectivity index (χ1v) is 4.78. The third kappa shape index (κ3) is 3.32. The highest BCUT2D eigenvalue weighted by molar-refractivity contribution is 5.79. The molecule has 0 aliphatic heterocycles. The number of amides is 1. The van der Waals surface area contributed by atoms with Gasteiger partial charge in [0.25, 0.3) is 0 Å². The zero-order valence-corrected chi connectivity index (χ0v) is 8.88. The Labute approximate surface area is 88.5 Å². The number of benzene rings is 1. The lowest BCUT2D eigenvalue weighted by Crippen LogP contribution is -2.38. The average Bonchev–Trinajstić information content (AvgIpc) is 2.15. The third-order valence-electron chi connectivity index (χ3n) is 2.33. The van der Waals surface area contributed by atoms with Crippen molar-refractivity contribution >= 4 is 5.91 Å². The van der Waals surface area contributed by atoms with E-state index in [4.69, 9.17) is 5.73 Å². The molecule has 0 aromatic heterocycles. The lowest BCUT2D eigenvalue weighted by Gasteiger charge is -2.11. The van der Waals surface area contributed by atoms with Gasteiger partial charge in [0.15, 0.2) is 0 Å². The van der Waals surface area contributed by atoms with E-state index in [1.165, 1.54) is 12.1 Å². The first kappa shape index (κ1) is 11.7. The molecule has 0 saturated carbocycles. The zero-order chi connectivity index (χ0) is 11.4. The fourth-order valence-electron chi connectivity index (χ4n) is 1.22. The number of carbonyl (C=O) groups is 1. The van der Waals surface area contributed by atoms with Crippen molar-refractivity contribution in [2.45, 2.75) is 26.4 Å². The van der Waals surface area contributed by atoms with Crippen LogP contribution in [0.1, 0.15) is 18.1 Å². The van der Waals surface area contributed by atoms with Crippen molar-refractivity contribution in [3.63, 3.8) is 0 Å². The molecule has 0 aliphatic rings. The Hall–Kier alpha value is -1.42. The maximum Gasteiger partial charge on any atom is 0.234 e. The summed E-state index contributed by atoms with van der Waals surface area (Å²) in [5, 5.41) is 2.96. The van der Waals surface area contributed by atoms with E-state index in [2.05, 4.69) is 5.32 Å². The minimum Gasteiger partial charge on any atom is -0.368 e.